The normalized spacial score (nSPS) is 13.2. The van der Waals surface area contributed by atoms with Crippen molar-refractivity contribution >= 4 is 17.9 Å². The minimum atomic E-state index is -0.875. The van der Waals surface area contributed by atoms with Gasteiger partial charge in [0.05, 0.1) is 34.4 Å². The molecule has 2 atom stereocenters. The summed E-state index contributed by atoms with van der Waals surface area (Å²) in [5, 5.41) is 9.61. The van der Waals surface area contributed by atoms with Gasteiger partial charge in [-0.25, -0.2) is 4.79 Å². The van der Waals surface area contributed by atoms with Crippen LogP contribution in [0, 0.1) is 0 Å². The first-order chi connectivity index (χ1) is 25.6. The highest BCUT2D eigenvalue weighted by Gasteiger charge is 2.31. The molecule has 0 aromatic rings. The number of carboxylic acids is 1. The number of hydrogen-bond donors (Lipinski definition) is 1. The molecule has 2 unspecified atom stereocenters. The zero-order chi connectivity index (χ0) is 39.3. The lowest BCUT2D eigenvalue weighted by atomic mass is 10.0. The Morgan fingerprint density at radius 3 is 1.45 bits per heavy atom. The summed E-state index contributed by atoms with van der Waals surface area (Å²) in [6.07, 6.45) is 39.2. The van der Waals surface area contributed by atoms with Crippen molar-refractivity contribution in [3.8, 4) is 0 Å². The number of carbonyl (C=O) groups excluding carboxylic acids is 2. The molecule has 310 valence electrons. The Morgan fingerprint density at radius 1 is 0.566 bits per heavy atom. The Kier molecular flexibility index (Phi) is 35.2. The fraction of sp³-hybridized carbons (Fsp3) is 0.844. The van der Waals surface area contributed by atoms with Crippen molar-refractivity contribution in [1.29, 1.82) is 0 Å². The van der Waals surface area contributed by atoms with Gasteiger partial charge in [0.2, 0.25) is 0 Å². The van der Waals surface area contributed by atoms with E-state index in [0.717, 1.165) is 44.9 Å². The molecule has 0 rings (SSSR count). The molecule has 0 spiro atoms. The molecule has 0 bridgehead atoms. The molecule has 0 aliphatic heterocycles. The summed E-state index contributed by atoms with van der Waals surface area (Å²) in [7, 11) is 5.53. The second kappa shape index (κ2) is 36.8. The first kappa shape index (κ1) is 50.8. The number of esters is 2. The number of ether oxygens (including phenoxy) is 3. The van der Waals surface area contributed by atoms with Crippen LogP contribution in [0.5, 0.6) is 0 Å². The highest BCUT2D eigenvalue weighted by molar-refractivity contribution is 5.72. The maximum atomic E-state index is 12.7. The van der Waals surface area contributed by atoms with Crippen LogP contribution in [0.2, 0.25) is 0 Å². The molecule has 8 heteroatoms. The van der Waals surface area contributed by atoms with Crippen LogP contribution in [0.15, 0.2) is 24.3 Å². The molecule has 0 aliphatic rings. The van der Waals surface area contributed by atoms with Gasteiger partial charge in [-0.1, -0.05) is 160 Å². The van der Waals surface area contributed by atoms with Gasteiger partial charge < -0.3 is 23.8 Å². The van der Waals surface area contributed by atoms with Crippen molar-refractivity contribution in [2.24, 2.45) is 0 Å². The van der Waals surface area contributed by atoms with Gasteiger partial charge in [0, 0.05) is 19.3 Å². The van der Waals surface area contributed by atoms with E-state index in [0.29, 0.717) is 19.3 Å². The molecule has 0 aromatic heterocycles. The van der Waals surface area contributed by atoms with Crippen LogP contribution in [0.25, 0.3) is 0 Å². The maximum absolute atomic E-state index is 12.7. The highest BCUT2D eigenvalue weighted by Crippen LogP contribution is 2.15. The van der Waals surface area contributed by atoms with E-state index in [1.165, 1.54) is 116 Å². The second-order valence-corrected chi connectivity index (χ2v) is 16.0. The Bertz CT molecular complexity index is 926. The topological polar surface area (TPSA) is 99.1 Å². The first-order valence-electron chi connectivity index (χ1n) is 21.9. The number of rotatable bonds is 39. The molecule has 0 amide bonds. The summed E-state index contributed by atoms with van der Waals surface area (Å²) in [4.78, 5) is 36.9. The fourth-order valence-corrected chi connectivity index (χ4v) is 6.44. The SMILES string of the molecule is CCCCC/C=C/C=C/CCCCCCCCC(=O)OCC(COCCC(C(=O)O)[N+](C)(C)C)OC(=O)CCCCCCCCCCCCCCCC. The number of likely N-dealkylation sites (N-methyl/N-ethyl adjacent to an activating group) is 1. The van der Waals surface area contributed by atoms with Crippen molar-refractivity contribution in [3.63, 3.8) is 0 Å². The number of allylic oxidation sites excluding steroid dienone is 4. The summed E-state index contributed by atoms with van der Waals surface area (Å²) >= 11 is 0. The lowest BCUT2D eigenvalue weighted by molar-refractivity contribution is -0.887. The lowest BCUT2D eigenvalue weighted by Gasteiger charge is -2.31. The summed E-state index contributed by atoms with van der Waals surface area (Å²) in [5.74, 6) is -1.47. The van der Waals surface area contributed by atoms with Crippen LogP contribution in [0.3, 0.4) is 0 Å². The van der Waals surface area contributed by atoms with Crippen molar-refractivity contribution in [1.82, 2.24) is 0 Å². The molecule has 53 heavy (non-hydrogen) atoms. The van der Waals surface area contributed by atoms with Gasteiger partial charge in [0.15, 0.2) is 12.1 Å². The number of unbranched alkanes of at least 4 members (excludes halogenated alkanes) is 22. The number of aliphatic carboxylic acids is 1. The molecule has 0 saturated carbocycles. The molecular formula is C45H84NO7+. The second-order valence-electron chi connectivity index (χ2n) is 16.0. The summed E-state index contributed by atoms with van der Waals surface area (Å²) < 4.78 is 17.3. The molecule has 0 radical (unpaired) electrons. The molecule has 0 heterocycles. The van der Waals surface area contributed by atoms with Crippen LogP contribution >= 0.6 is 0 Å². The van der Waals surface area contributed by atoms with E-state index in [1.54, 1.807) is 0 Å². The third kappa shape index (κ3) is 35.3. The van der Waals surface area contributed by atoms with Gasteiger partial charge in [-0.2, -0.15) is 0 Å². The number of nitrogens with zero attached hydrogens (tertiary/aromatic N) is 1. The molecule has 0 saturated heterocycles. The van der Waals surface area contributed by atoms with Crippen LogP contribution in [-0.2, 0) is 28.6 Å². The summed E-state index contributed by atoms with van der Waals surface area (Å²) in [5.41, 5.74) is 0. The Labute approximate surface area is 326 Å². The van der Waals surface area contributed by atoms with Crippen LogP contribution in [0.4, 0.5) is 0 Å². The maximum Gasteiger partial charge on any atom is 0.362 e. The van der Waals surface area contributed by atoms with Crippen molar-refractivity contribution in [3.05, 3.63) is 24.3 Å². The number of carbonyl (C=O) groups is 3. The van der Waals surface area contributed by atoms with Gasteiger partial charge in [-0.05, 0) is 38.5 Å². The van der Waals surface area contributed by atoms with Crippen molar-refractivity contribution in [2.75, 3.05) is 41.0 Å². The Balaban J connectivity index is 4.35. The van der Waals surface area contributed by atoms with Crippen molar-refractivity contribution < 1.29 is 38.2 Å². The van der Waals surface area contributed by atoms with E-state index in [4.69, 9.17) is 14.2 Å². The smallest absolute Gasteiger partial charge is 0.362 e. The van der Waals surface area contributed by atoms with E-state index < -0.39 is 18.1 Å². The van der Waals surface area contributed by atoms with Gasteiger partial charge in [0.25, 0.3) is 0 Å². The number of hydrogen-bond acceptors (Lipinski definition) is 6. The van der Waals surface area contributed by atoms with Gasteiger partial charge in [-0.3, -0.25) is 9.59 Å². The minimum Gasteiger partial charge on any atom is -0.477 e. The average Bonchev–Trinajstić information content (AvgIpc) is 3.11. The predicted molar refractivity (Wildman–Crippen MR) is 220 cm³/mol. The monoisotopic (exact) mass is 751 g/mol. The summed E-state index contributed by atoms with van der Waals surface area (Å²) in [6.45, 7) is 4.71. The van der Waals surface area contributed by atoms with E-state index in [-0.39, 0.29) is 36.2 Å². The fourth-order valence-electron chi connectivity index (χ4n) is 6.44. The minimum absolute atomic E-state index is 0.0531. The zero-order valence-corrected chi connectivity index (χ0v) is 35.2. The highest BCUT2D eigenvalue weighted by atomic mass is 16.6. The lowest BCUT2D eigenvalue weighted by Crippen LogP contribution is -2.50. The molecule has 0 aliphatic carbocycles. The first-order valence-corrected chi connectivity index (χ1v) is 21.9. The number of carboxylic acid groups (broad SMARTS) is 1. The Morgan fingerprint density at radius 2 is 0.981 bits per heavy atom. The van der Waals surface area contributed by atoms with Gasteiger partial charge >= 0.3 is 17.9 Å². The van der Waals surface area contributed by atoms with E-state index in [2.05, 4.69) is 38.2 Å². The van der Waals surface area contributed by atoms with Gasteiger partial charge in [0.1, 0.15) is 6.61 Å². The van der Waals surface area contributed by atoms with E-state index in [9.17, 15) is 19.5 Å². The molecule has 0 fully saturated rings. The predicted octanol–water partition coefficient (Wildman–Crippen LogP) is 11.7. The van der Waals surface area contributed by atoms with Crippen molar-refractivity contribution in [2.45, 2.75) is 206 Å². The van der Waals surface area contributed by atoms with Crippen LogP contribution in [0.1, 0.15) is 194 Å². The summed E-state index contributed by atoms with van der Waals surface area (Å²) in [6, 6.07) is -0.613. The molecule has 8 nitrogen and oxygen atoms in total. The third-order valence-corrected chi connectivity index (χ3v) is 9.88. The third-order valence-electron chi connectivity index (χ3n) is 9.88. The number of quaternary nitrogens is 1. The average molecular weight is 751 g/mol. The van der Waals surface area contributed by atoms with E-state index in [1.807, 2.05) is 21.1 Å². The quantitative estimate of drug-likeness (QED) is 0.0289. The van der Waals surface area contributed by atoms with Crippen LogP contribution in [-0.4, -0.2) is 80.6 Å². The largest absolute Gasteiger partial charge is 0.477 e. The Hall–Kier alpha value is -2.19. The standard InChI is InChI=1S/C45H83NO7/c1-6-8-10-12-14-16-18-20-22-24-25-27-29-31-33-35-43(47)52-40-41(39-51-38-37-42(45(49)50)46(3,4)5)53-44(48)36-34-32-30-28-26-23-21-19-17-15-13-11-9-7-2/h14,16,18,20,41-42H,6-13,15,17,19,21-40H2,1-5H3/p+1/b16-14+,20-18+. The van der Waals surface area contributed by atoms with E-state index >= 15 is 0 Å². The molecule has 0 aromatic carbocycles. The molecular weight excluding hydrogens is 666 g/mol. The zero-order valence-electron chi connectivity index (χ0n) is 35.2. The molecule has 1 N–H and O–H groups in total. The van der Waals surface area contributed by atoms with Gasteiger partial charge in [-0.15, -0.1) is 0 Å². The van der Waals surface area contributed by atoms with Crippen LogP contribution < -0.4 is 0 Å².